The molecule has 11 heavy (non-hydrogen) atoms. The molecule has 0 radical (unpaired) electrons. The predicted molar refractivity (Wildman–Crippen MR) is 30.0 cm³/mol. The maximum atomic E-state index is 8.89. The van der Waals surface area contributed by atoms with Crippen LogP contribution in [0.4, 0.5) is 0 Å². The molecule has 0 spiro atoms. The average Bonchev–Trinajstić information content (AvgIpc) is 1.27. The molecule has 0 N–H and O–H groups in total. The summed E-state index contributed by atoms with van der Waals surface area (Å²) in [5.74, 6) is 0. The quantitative estimate of drug-likeness (QED) is 0.250. The zero-order chi connectivity index (χ0) is 7.21. The molecule has 0 saturated carbocycles. The topological polar surface area (TPSA) is 87.0 Å². The van der Waals surface area contributed by atoms with Gasteiger partial charge in [-0.3, -0.25) is 4.21 Å². The Labute approximate surface area is 204 Å². The van der Waals surface area contributed by atoms with Gasteiger partial charge in [0.2, 0.25) is 0 Å². The van der Waals surface area contributed by atoms with Gasteiger partial charge in [-0.2, -0.15) is 0 Å². The number of nitrogens with zero attached hydrogens (tertiary/aromatic N) is 1. The van der Waals surface area contributed by atoms with Crippen LogP contribution in [-0.4, -0.2) is 13.3 Å². The van der Waals surface area contributed by atoms with E-state index in [0.717, 1.165) is 0 Å². The maximum Gasteiger partial charge on any atom is 1.00 e. The second kappa shape index (κ2) is 20.3. The number of hydrogen-bond acceptors (Lipinski definition) is 6. The van der Waals surface area contributed by atoms with E-state index in [4.69, 9.17) is 18.6 Å². The molecule has 0 aromatic heterocycles. The van der Waals surface area contributed by atoms with E-state index in [0.29, 0.717) is 0 Å². The minimum absolute atomic E-state index is 0. The van der Waals surface area contributed by atoms with E-state index in [2.05, 4.69) is 23.8 Å². The van der Waals surface area contributed by atoms with E-state index in [1.165, 1.54) is 5.40 Å². The molecule has 0 atom stereocenters. The summed E-state index contributed by atoms with van der Waals surface area (Å²) in [5.41, 5.74) is 0. The molecule has 0 aromatic rings. The second-order valence-electron chi connectivity index (χ2n) is 0.500. The van der Waals surface area contributed by atoms with Crippen molar-refractivity contribution in [2.24, 2.45) is 0 Å². The SMILES string of the molecule is N#C[S-].O=S([O-])([O-])=S.[K+].[K+].[K+]. The molecule has 0 rings (SSSR count). The van der Waals surface area contributed by atoms with Crippen molar-refractivity contribution in [1.29, 1.82) is 5.26 Å². The first kappa shape index (κ1) is 29.7. The summed E-state index contributed by atoms with van der Waals surface area (Å²) in [6.07, 6.45) is 0. The van der Waals surface area contributed by atoms with Crippen LogP contribution in [-0.2, 0) is 32.9 Å². The third-order valence-electron chi connectivity index (χ3n) is 0. The number of hydrogen-bond donors (Lipinski definition) is 0. The van der Waals surface area contributed by atoms with Gasteiger partial charge >= 0.3 is 154 Å². The molecule has 0 unspecified atom stereocenters. The van der Waals surface area contributed by atoms with Crippen LogP contribution in [0, 0.1) is 10.7 Å². The Hall–Kier alpha value is 4.91. The van der Waals surface area contributed by atoms with E-state index in [1.54, 1.807) is 0 Å². The van der Waals surface area contributed by atoms with Crippen molar-refractivity contribution in [3.63, 3.8) is 0 Å². The van der Waals surface area contributed by atoms with Crippen molar-refractivity contribution in [3.05, 3.63) is 0 Å². The number of rotatable bonds is 0. The van der Waals surface area contributed by atoms with Crippen LogP contribution in [0.25, 0.3) is 0 Å². The van der Waals surface area contributed by atoms with E-state index in [9.17, 15) is 0 Å². The minimum Gasteiger partial charge on any atom is -0.780 e. The van der Waals surface area contributed by atoms with Gasteiger partial charge in [0, 0.05) is 0 Å². The van der Waals surface area contributed by atoms with Crippen molar-refractivity contribution in [2.75, 3.05) is 0 Å². The fourth-order valence-electron chi connectivity index (χ4n) is 0. The zero-order valence-electron chi connectivity index (χ0n) is 6.40. The predicted octanol–water partition coefficient (Wildman–Crippen LogP) is -9.98. The van der Waals surface area contributed by atoms with E-state index < -0.39 is 9.05 Å². The fraction of sp³-hybridized carbons (Fsp3) is 0. The maximum absolute atomic E-state index is 8.89. The summed E-state index contributed by atoms with van der Waals surface area (Å²) >= 11 is 6.94. The Kier molecular flexibility index (Phi) is 54.9. The van der Waals surface area contributed by atoms with Crippen LogP contribution in [0.3, 0.4) is 0 Å². The number of thiocyanates is 1. The zero-order valence-corrected chi connectivity index (χ0v) is 18.2. The molecule has 0 heterocycles. The fourth-order valence-corrected chi connectivity index (χ4v) is 0. The van der Waals surface area contributed by atoms with Gasteiger partial charge in [0.05, 0.1) is 0 Å². The molecule has 0 aliphatic rings. The summed E-state index contributed by atoms with van der Waals surface area (Å²) in [5, 5.41) is 8.47. The van der Waals surface area contributed by atoms with Gasteiger partial charge in [0.1, 0.15) is 0 Å². The summed E-state index contributed by atoms with van der Waals surface area (Å²) in [4.78, 5) is 0. The minimum atomic E-state index is -4.33. The second-order valence-corrected chi connectivity index (χ2v) is 2.72. The normalized spacial score (nSPS) is 5.91. The molecule has 0 aliphatic heterocycles. The largest absolute Gasteiger partial charge is 1.00 e. The first-order chi connectivity index (χ1) is 3.41. The van der Waals surface area contributed by atoms with Gasteiger partial charge in [-0.05, 0) is 11.2 Å². The van der Waals surface area contributed by atoms with Gasteiger partial charge in [-0.25, -0.2) is 5.26 Å². The first-order valence-electron chi connectivity index (χ1n) is 1.09. The molecule has 0 amide bonds. The summed E-state index contributed by atoms with van der Waals surface area (Å²) in [6, 6.07) is 0. The molecule has 0 fully saturated rings. The Morgan fingerprint density at radius 1 is 1.36 bits per heavy atom. The standard InChI is InChI=1S/CHNS.3K.H2O3S2/c2-1-3;;;;1-5(2,3)4/h3H;;;;(H2,1,2,3,4)/q;3*+1;/p-3. The van der Waals surface area contributed by atoms with Gasteiger partial charge in [0.15, 0.2) is 0 Å². The Bertz CT molecular complexity index is 165. The van der Waals surface area contributed by atoms with Gasteiger partial charge < -0.3 is 21.7 Å². The molecule has 4 nitrogen and oxygen atoms in total. The van der Waals surface area contributed by atoms with Crippen molar-refractivity contribution in [2.45, 2.75) is 0 Å². The third-order valence-corrected chi connectivity index (χ3v) is 0. The van der Waals surface area contributed by atoms with Crippen molar-refractivity contribution >= 4 is 32.9 Å². The third kappa shape index (κ3) is 103. The monoisotopic (exact) mass is 287 g/mol. The molecule has 10 heteroatoms. The first-order valence-corrected chi connectivity index (χ1v) is 3.84. The molecule has 0 bridgehead atoms. The molecule has 48 valence electrons. The van der Waals surface area contributed by atoms with Crippen LogP contribution >= 0.6 is 0 Å². The van der Waals surface area contributed by atoms with Crippen LogP contribution < -0.4 is 154 Å². The van der Waals surface area contributed by atoms with Gasteiger partial charge in [0.25, 0.3) is 0 Å². The van der Waals surface area contributed by atoms with Crippen molar-refractivity contribution in [1.82, 2.24) is 0 Å². The average molecular weight is 288 g/mol. The molecule has 0 aromatic carbocycles. The van der Waals surface area contributed by atoms with Crippen molar-refractivity contribution in [3.8, 4) is 5.40 Å². The van der Waals surface area contributed by atoms with Crippen LogP contribution in [0.2, 0.25) is 0 Å². The molecule has 0 saturated heterocycles. The van der Waals surface area contributed by atoms with Crippen LogP contribution in [0.1, 0.15) is 0 Å². The Balaban J connectivity index is -0.0000000183. The molecular formula is CK3NO3S3. The summed E-state index contributed by atoms with van der Waals surface area (Å²) < 4.78 is 26.7. The molecule has 0 aliphatic carbocycles. The van der Waals surface area contributed by atoms with E-state index >= 15 is 0 Å². The van der Waals surface area contributed by atoms with Gasteiger partial charge in [-0.1, -0.05) is 5.40 Å². The van der Waals surface area contributed by atoms with Crippen LogP contribution in [0.5, 0.6) is 0 Å². The van der Waals surface area contributed by atoms with Gasteiger partial charge in [-0.15, -0.1) is 9.05 Å². The smallest absolute Gasteiger partial charge is 0.780 e. The molecular weight excluding hydrogens is 288 g/mol. The van der Waals surface area contributed by atoms with E-state index in [1.807, 2.05) is 0 Å². The summed E-state index contributed by atoms with van der Waals surface area (Å²) in [6.45, 7) is 0. The Morgan fingerprint density at radius 2 is 1.36 bits per heavy atom. The van der Waals surface area contributed by atoms with Crippen LogP contribution in [0.15, 0.2) is 0 Å². The van der Waals surface area contributed by atoms with E-state index in [-0.39, 0.29) is 154 Å². The van der Waals surface area contributed by atoms with Crippen molar-refractivity contribution < 1.29 is 167 Å². The summed E-state index contributed by atoms with van der Waals surface area (Å²) in [7, 11) is -4.33. The number of nitriles is 1. The Morgan fingerprint density at radius 3 is 1.36 bits per heavy atom.